The lowest BCUT2D eigenvalue weighted by Gasteiger charge is -2.16. The van der Waals surface area contributed by atoms with Crippen LogP contribution in [0.1, 0.15) is 45.9 Å². The zero-order valence-electron chi connectivity index (χ0n) is 14.4. The fraction of sp³-hybridized carbons (Fsp3) is 0.368. The van der Waals surface area contributed by atoms with E-state index in [-0.39, 0.29) is 11.7 Å². The first-order valence-corrected chi connectivity index (χ1v) is 9.29. The summed E-state index contributed by atoms with van der Waals surface area (Å²) in [6.45, 7) is 4.66. The molecule has 5 nitrogen and oxygen atoms in total. The van der Waals surface area contributed by atoms with E-state index in [0.29, 0.717) is 28.7 Å². The summed E-state index contributed by atoms with van der Waals surface area (Å²) < 4.78 is 5.32. The van der Waals surface area contributed by atoms with Gasteiger partial charge in [-0.05, 0) is 55.9 Å². The minimum atomic E-state index is -0.214. The SMILES string of the molecule is CCOc1ccc(/C=N/NC(=O)c2cc3c(s2)CC[C@@H](C)C3)c(O)c1. The van der Waals surface area contributed by atoms with Crippen LogP contribution >= 0.6 is 11.3 Å². The number of carbonyl (C=O) groups is 1. The van der Waals surface area contributed by atoms with Crippen molar-refractivity contribution in [1.82, 2.24) is 5.43 Å². The molecule has 0 saturated carbocycles. The number of thiophene rings is 1. The van der Waals surface area contributed by atoms with Gasteiger partial charge < -0.3 is 9.84 Å². The first-order valence-electron chi connectivity index (χ1n) is 8.47. The molecular weight excluding hydrogens is 336 g/mol. The minimum absolute atomic E-state index is 0.0597. The van der Waals surface area contributed by atoms with Gasteiger partial charge in [-0.2, -0.15) is 5.10 Å². The number of hydrazone groups is 1. The van der Waals surface area contributed by atoms with E-state index >= 15 is 0 Å². The average Bonchev–Trinajstić information content (AvgIpc) is 3.00. The highest BCUT2D eigenvalue weighted by atomic mass is 32.1. The number of hydrogen-bond acceptors (Lipinski definition) is 5. The molecule has 0 unspecified atom stereocenters. The van der Waals surface area contributed by atoms with E-state index in [1.54, 1.807) is 23.5 Å². The molecule has 2 N–H and O–H groups in total. The number of aryl methyl sites for hydroxylation is 1. The van der Waals surface area contributed by atoms with Gasteiger partial charge in [-0.25, -0.2) is 5.43 Å². The van der Waals surface area contributed by atoms with Crippen LogP contribution in [-0.2, 0) is 12.8 Å². The third-order valence-electron chi connectivity index (χ3n) is 4.24. The molecule has 1 amide bonds. The van der Waals surface area contributed by atoms with Crippen LogP contribution in [0.2, 0.25) is 0 Å². The van der Waals surface area contributed by atoms with Crippen LogP contribution in [0.4, 0.5) is 0 Å². The van der Waals surface area contributed by atoms with E-state index < -0.39 is 0 Å². The quantitative estimate of drug-likeness (QED) is 0.632. The van der Waals surface area contributed by atoms with Crippen molar-refractivity contribution >= 4 is 23.5 Å². The summed E-state index contributed by atoms with van der Waals surface area (Å²) in [6.07, 6.45) is 4.71. The molecule has 0 spiro atoms. The van der Waals surface area contributed by atoms with Gasteiger partial charge in [0.15, 0.2) is 0 Å². The number of phenols is 1. The third-order valence-corrected chi connectivity index (χ3v) is 5.47. The second-order valence-electron chi connectivity index (χ2n) is 6.26. The Morgan fingerprint density at radius 1 is 1.48 bits per heavy atom. The van der Waals surface area contributed by atoms with Crippen molar-refractivity contribution in [3.8, 4) is 11.5 Å². The van der Waals surface area contributed by atoms with Crippen molar-refractivity contribution in [1.29, 1.82) is 0 Å². The molecular formula is C19H22N2O3S. The van der Waals surface area contributed by atoms with Gasteiger partial charge in [-0.1, -0.05) is 6.92 Å². The van der Waals surface area contributed by atoms with Crippen LogP contribution in [0.5, 0.6) is 11.5 Å². The number of carbonyl (C=O) groups excluding carboxylic acids is 1. The van der Waals surface area contributed by atoms with Gasteiger partial charge in [-0.3, -0.25) is 4.79 Å². The zero-order chi connectivity index (χ0) is 17.8. The maximum absolute atomic E-state index is 12.3. The van der Waals surface area contributed by atoms with E-state index in [9.17, 15) is 9.90 Å². The number of phenolic OH excluding ortho intramolecular Hbond substituents is 1. The maximum atomic E-state index is 12.3. The molecule has 3 rings (SSSR count). The largest absolute Gasteiger partial charge is 0.507 e. The van der Waals surface area contributed by atoms with Gasteiger partial charge in [-0.15, -0.1) is 11.3 Å². The number of nitrogens with zero attached hydrogens (tertiary/aromatic N) is 1. The summed E-state index contributed by atoms with van der Waals surface area (Å²) in [7, 11) is 0. The summed E-state index contributed by atoms with van der Waals surface area (Å²) >= 11 is 1.55. The smallest absolute Gasteiger partial charge is 0.281 e. The Balaban J connectivity index is 1.63. The topological polar surface area (TPSA) is 70.9 Å². The number of amides is 1. The van der Waals surface area contributed by atoms with E-state index in [2.05, 4.69) is 17.5 Å². The normalized spacial score (nSPS) is 16.6. The van der Waals surface area contributed by atoms with E-state index in [4.69, 9.17) is 4.74 Å². The van der Waals surface area contributed by atoms with Crippen LogP contribution in [0.25, 0.3) is 0 Å². The summed E-state index contributed by atoms with van der Waals surface area (Å²) in [5, 5.41) is 13.9. The Morgan fingerprint density at radius 3 is 3.08 bits per heavy atom. The molecule has 6 heteroatoms. The van der Waals surface area contributed by atoms with Gasteiger partial charge in [0, 0.05) is 16.5 Å². The lowest BCUT2D eigenvalue weighted by Crippen LogP contribution is -2.16. The molecule has 0 aliphatic heterocycles. The van der Waals surface area contributed by atoms with Crippen molar-refractivity contribution in [2.75, 3.05) is 6.61 Å². The van der Waals surface area contributed by atoms with Gasteiger partial charge in [0.25, 0.3) is 5.91 Å². The summed E-state index contributed by atoms with van der Waals surface area (Å²) in [5.74, 6) is 1.12. The second-order valence-corrected chi connectivity index (χ2v) is 7.40. The van der Waals surface area contributed by atoms with Crippen LogP contribution < -0.4 is 10.2 Å². The molecule has 1 atom stereocenters. The fourth-order valence-corrected chi connectivity index (χ4v) is 4.02. The minimum Gasteiger partial charge on any atom is -0.507 e. The molecule has 0 saturated heterocycles. The Bertz CT molecular complexity index is 798. The average molecular weight is 358 g/mol. The number of rotatable bonds is 5. The van der Waals surface area contributed by atoms with Crippen molar-refractivity contribution in [3.05, 3.63) is 45.1 Å². The first kappa shape index (κ1) is 17.5. The van der Waals surface area contributed by atoms with Gasteiger partial charge in [0.2, 0.25) is 0 Å². The van der Waals surface area contributed by atoms with Crippen molar-refractivity contribution in [2.45, 2.75) is 33.1 Å². The first-order chi connectivity index (χ1) is 12.1. The third kappa shape index (κ3) is 4.20. The monoisotopic (exact) mass is 358 g/mol. The van der Waals surface area contributed by atoms with Crippen LogP contribution in [0.3, 0.4) is 0 Å². The van der Waals surface area contributed by atoms with Gasteiger partial charge >= 0.3 is 0 Å². The summed E-state index contributed by atoms with van der Waals surface area (Å²) in [5.41, 5.74) is 4.34. The number of nitrogens with one attached hydrogen (secondary N) is 1. The molecule has 0 fully saturated rings. The van der Waals surface area contributed by atoms with E-state index in [1.807, 2.05) is 13.0 Å². The molecule has 1 aromatic carbocycles. The number of hydrogen-bond donors (Lipinski definition) is 2. The van der Waals surface area contributed by atoms with E-state index in [0.717, 1.165) is 12.8 Å². The molecule has 1 aromatic heterocycles. The number of benzene rings is 1. The molecule has 2 aromatic rings. The van der Waals surface area contributed by atoms with Crippen molar-refractivity contribution in [2.24, 2.45) is 11.0 Å². The van der Waals surface area contributed by atoms with Crippen molar-refractivity contribution < 1.29 is 14.6 Å². The standard InChI is InChI=1S/C19H22N2O3S/c1-3-24-15-6-5-13(16(22)10-15)11-20-21-19(23)18-9-14-8-12(2)4-7-17(14)25-18/h5-6,9-12,22H,3-4,7-8H2,1-2H3,(H,21,23)/b20-11+/t12-/m1/s1. The fourth-order valence-electron chi connectivity index (χ4n) is 2.92. The predicted molar refractivity (Wildman–Crippen MR) is 99.8 cm³/mol. The molecule has 0 bridgehead atoms. The molecule has 132 valence electrons. The van der Waals surface area contributed by atoms with Gasteiger partial charge in [0.1, 0.15) is 11.5 Å². The molecule has 1 aliphatic rings. The maximum Gasteiger partial charge on any atom is 0.281 e. The summed E-state index contributed by atoms with van der Waals surface area (Å²) in [6, 6.07) is 6.96. The molecule has 1 heterocycles. The molecule has 25 heavy (non-hydrogen) atoms. The van der Waals surface area contributed by atoms with Gasteiger partial charge in [0.05, 0.1) is 17.7 Å². The lowest BCUT2D eigenvalue weighted by molar-refractivity contribution is 0.0959. The molecule has 0 radical (unpaired) electrons. The summed E-state index contributed by atoms with van der Waals surface area (Å²) in [4.78, 5) is 14.3. The Morgan fingerprint density at radius 2 is 2.32 bits per heavy atom. The predicted octanol–water partition coefficient (Wildman–Crippen LogP) is 3.74. The van der Waals surface area contributed by atoms with Crippen LogP contribution in [-0.4, -0.2) is 23.8 Å². The highest BCUT2D eigenvalue weighted by Crippen LogP contribution is 2.32. The molecule has 1 aliphatic carbocycles. The number of fused-ring (bicyclic) bond motifs is 1. The lowest BCUT2D eigenvalue weighted by atomic mass is 9.90. The Labute approximate surface area is 151 Å². The number of ether oxygens (including phenoxy) is 1. The number of aromatic hydroxyl groups is 1. The van der Waals surface area contributed by atoms with Crippen molar-refractivity contribution in [3.63, 3.8) is 0 Å². The Kier molecular flexibility index (Phi) is 5.38. The second kappa shape index (κ2) is 7.70. The van der Waals surface area contributed by atoms with E-state index in [1.165, 1.54) is 29.1 Å². The van der Waals surface area contributed by atoms with Crippen LogP contribution in [0, 0.1) is 5.92 Å². The highest BCUT2D eigenvalue weighted by molar-refractivity contribution is 7.14. The highest BCUT2D eigenvalue weighted by Gasteiger charge is 2.20. The zero-order valence-corrected chi connectivity index (χ0v) is 15.2. The Hall–Kier alpha value is -2.34. The van der Waals surface area contributed by atoms with Crippen LogP contribution in [0.15, 0.2) is 29.4 Å².